The van der Waals surface area contributed by atoms with E-state index in [2.05, 4.69) is 10.3 Å². The molecule has 1 rings (SSSR count). The van der Waals surface area contributed by atoms with Crippen LogP contribution in [-0.4, -0.2) is 10.9 Å². The Hall–Kier alpha value is -0.752. The Morgan fingerprint density at radius 1 is 1.27 bits per heavy atom. The van der Waals surface area contributed by atoms with E-state index < -0.39 is 0 Å². The van der Waals surface area contributed by atoms with Gasteiger partial charge in [-0.25, -0.2) is 0 Å². The van der Waals surface area contributed by atoms with E-state index in [0.29, 0.717) is 0 Å². The first-order chi connectivity index (χ1) is 5.43. The van der Waals surface area contributed by atoms with E-state index in [4.69, 9.17) is 0 Å². The molecule has 0 aromatic heterocycles. The fourth-order valence-corrected chi connectivity index (χ4v) is 0.895. The molecule has 0 amide bonds. The van der Waals surface area contributed by atoms with Crippen molar-refractivity contribution in [1.29, 1.82) is 0 Å². The Bertz CT molecular complexity index is 244. The molecule has 0 atom stereocenters. The van der Waals surface area contributed by atoms with Crippen molar-refractivity contribution in [1.82, 2.24) is 0 Å². The van der Waals surface area contributed by atoms with Crippen LogP contribution in [0.3, 0.4) is 0 Å². The number of hydrogen-bond donors (Lipinski definition) is 1. The zero-order valence-electron chi connectivity index (χ0n) is 5.90. The monoisotopic (exact) mass is 316 g/mol. The van der Waals surface area contributed by atoms with Crippen LogP contribution in [0.1, 0.15) is 0 Å². The molecule has 0 spiro atoms. The van der Waals surface area contributed by atoms with Gasteiger partial charge in [0.2, 0.25) is 0 Å². The van der Waals surface area contributed by atoms with Gasteiger partial charge in [0.05, 0.1) is 0 Å². The molecule has 11 heavy (non-hydrogen) atoms. The number of nitrogens with zero attached hydrogens (tertiary/aromatic N) is 1. The Morgan fingerprint density at radius 2 is 2.00 bits per heavy atom. The second kappa shape index (κ2) is 4.97. The first kappa shape index (κ1) is 8.35. The Kier molecular flexibility index (Phi) is 3.77. The number of para-hydroxylation sites is 1. The van der Waals surface area contributed by atoms with E-state index in [9.17, 15) is 0 Å². The van der Waals surface area contributed by atoms with Crippen molar-refractivity contribution in [2.45, 2.75) is 0 Å². The molecule has 56 valence electrons. The summed E-state index contributed by atoms with van der Waals surface area (Å²) in [6.07, 6.45) is 1.68. The van der Waals surface area contributed by atoms with Gasteiger partial charge in [-0.2, -0.15) is 0 Å². The summed E-state index contributed by atoms with van der Waals surface area (Å²) in [7, 11) is 0. The molecule has 0 aliphatic carbocycles. The van der Waals surface area contributed by atoms with Gasteiger partial charge < -0.3 is 0 Å². The van der Waals surface area contributed by atoms with E-state index in [0.717, 1.165) is 5.69 Å². The van der Waals surface area contributed by atoms with E-state index >= 15 is 0 Å². The van der Waals surface area contributed by atoms with E-state index in [-0.39, 0.29) is 0 Å². The molecule has 0 saturated heterocycles. The molecule has 0 unspecified atom stereocenters. The zero-order valence-corrected chi connectivity index (χ0v) is 8.83. The van der Waals surface area contributed by atoms with Crippen LogP contribution in [0.4, 0.5) is 5.69 Å². The van der Waals surface area contributed by atoms with Crippen LogP contribution < -0.4 is 5.32 Å². The number of hydrogen-bond acceptors (Lipinski definition) is 1. The van der Waals surface area contributed by atoms with Gasteiger partial charge in [0, 0.05) is 0 Å². The predicted octanol–water partition coefficient (Wildman–Crippen LogP) is 1.43. The van der Waals surface area contributed by atoms with E-state index in [1.165, 1.54) is 19.4 Å². The molecule has 0 radical (unpaired) electrons. The van der Waals surface area contributed by atoms with Gasteiger partial charge in [0.25, 0.3) is 0 Å². The first-order valence-corrected chi connectivity index (χ1v) is 4.90. The van der Waals surface area contributed by atoms with Crippen LogP contribution in [0.5, 0.6) is 0 Å². The molecule has 0 aliphatic rings. The SMILES string of the molecule is [W]=[CH]N=CNc1ccccc1. The Balaban J connectivity index is 2.51. The fourth-order valence-electron chi connectivity index (χ4n) is 0.677. The van der Waals surface area contributed by atoms with Crippen LogP contribution in [0, 0.1) is 0 Å². The third-order valence-corrected chi connectivity index (χ3v) is 1.58. The van der Waals surface area contributed by atoms with Crippen molar-refractivity contribution >= 4 is 16.6 Å². The van der Waals surface area contributed by atoms with Gasteiger partial charge in [-0.3, -0.25) is 0 Å². The molecular formula is C8H8N2W. The quantitative estimate of drug-likeness (QED) is 0.662. The van der Waals surface area contributed by atoms with E-state index in [1.807, 2.05) is 34.9 Å². The molecule has 0 bridgehead atoms. The van der Waals surface area contributed by atoms with Crippen molar-refractivity contribution < 1.29 is 19.4 Å². The zero-order chi connectivity index (χ0) is 7.94. The minimum absolute atomic E-state index is 1.06. The summed E-state index contributed by atoms with van der Waals surface area (Å²) in [6.45, 7) is 0. The first-order valence-electron chi connectivity index (χ1n) is 3.20. The molecule has 1 aromatic rings. The topological polar surface area (TPSA) is 24.4 Å². The van der Waals surface area contributed by atoms with Gasteiger partial charge >= 0.3 is 76.5 Å². The normalized spacial score (nSPS) is 9.82. The molecular weight excluding hydrogens is 308 g/mol. The second-order valence-corrected chi connectivity index (χ2v) is 2.65. The molecule has 1 aromatic carbocycles. The van der Waals surface area contributed by atoms with Crippen LogP contribution in [0.25, 0.3) is 0 Å². The van der Waals surface area contributed by atoms with Crippen LogP contribution in [-0.2, 0) is 19.4 Å². The Labute approximate surface area is 76.8 Å². The van der Waals surface area contributed by atoms with Gasteiger partial charge in [-0.1, -0.05) is 0 Å². The standard InChI is InChI=1S/C8H8N2.W/c1-9-7-10-8-5-3-2-4-6-8;/h1-7,10H;. The summed E-state index contributed by atoms with van der Waals surface area (Å²) in [5.41, 5.74) is 1.06. The van der Waals surface area contributed by atoms with Gasteiger partial charge in [0.15, 0.2) is 0 Å². The van der Waals surface area contributed by atoms with Gasteiger partial charge in [0.1, 0.15) is 0 Å². The average Bonchev–Trinajstić information content (AvgIpc) is 2.07. The number of rotatable bonds is 3. The number of nitrogens with one attached hydrogen (secondary N) is 1. The van der Waals surface area contributed by atoms with Crippen molar-refractivity contribution in [2.24, 2.45) is 4.99 Å². The van der Waals surface area contributed by atoms with Crippen molar-refractivity contribution in [3.8, 4) is 0 Å². The number of anilines is 1. The average molecular weight is 316 g/mol. The summed E-state index contributed by atoms with van der Waals surface area (Å²) in [4.78, 5) is 3.94. The molecule has 0 heterocycles. The molecule has 3 heteroatoms. The van der Waals surface area contributed by atoms with E-state index in [1.54, 1.807) is 6.34 Å². The van der Waals surface area contributed by atoms with Crippen LogP contribution >= 0.6 is 0 Å². The third kappa shape index (κ3) is 3.24. The molecule has 0 saturated carbocycles. The van der Waals surface area contributed by atoms with Crippen molar-refractivity contribution in [3.05, 3.63) is 30.3 Å². The molecule has 0 aliphatic heterocycles. The molecule has 1 N–H and O–H groups in total. The summed E-state index contributed by atoms with van der Waals surface area (Å²) in [5, 5.41) is 3.04. The van der Waals surface area contributed by atoms with Gasteiger partial charge in [-0.05, 0) is 0 Å². The van der Waals surface area contributed by atoms with Crippen molar-refractivity contribution in [3.63, 3.8) is 0 Å². The maximum atomic E-state index is 3.94. The number of benzene rings is 1. The number of aliphatic imine (C=N–C) groups is 1. The molecule has 2 nitrogen and oxygen atoms in total. The second-order valence-electron chi connectivity index (χ2n) is 1.89. The summed E-state index contributed by atoms with van der Waals surface area (Å²) in [6, 6.07) is 9.94. The summed E-state index contributed by atoms with van der Waals surface area (Å²) in [5.74, 6) is 0. The van der Waals surface area contributed by atoms with Crippen molar-refractivity contribution in [2.75, 3.05) is 5.32 Å². The fraction of sp³-hybridized carbons (Fsp3) is 0. The third-order valence-electron chi connectivity index (χ3n) is 1.14. The van der Waals surface area contributed by atoms with Crippen LogP contribution in [0.2, 0.25) is 0 Å². The Morgan fingerprint density at radius 3 is 2.64 bits per heavy atom. The minimum atomic E-state index is 1.06. The molecule has 0 fully saturated rings. The maximum absolute atomic E-state index is 3.94. The summed E-state index contributed by atoms with van der Waals surface area (Å²) >= 11 is 1.35. The summed E-state index contributed by atoms with van der Waals surface area (Å²) < 4.78 is 1.82. The van der Waals surface area contributed by atoms with Crippen LogP contribution in [0.15, 0.2) is 35.3 Å². The predicted molar refractivity (Wildman–Crippen MR) is 44.6 cm³/mol. The van der Waals surface area contributed by atoms with Gasteiger partial charge in [-0.15, -0.1) is 0 Å².